The molecule has 23 heavy (non-hydrogen) atoms. The largest absolute Gasteiger partial charge is 0.329 e. The summed E-state index contributed by atoms with van der Waals surface area (Å²) in [6, 6.07) is 2.77. The van der Waals surface area contributed by atoms with E-state index >= 15 is 0 Å². The average Bonchev–Trinajstić information content (AvgIpc) is 2.93. The zero-order valence-corrected chi connectivity index (χ0v) is 12.5. The van der Waals surface area contributed by atoms with Crippen LogP contribution in [0.15, 0.2) is 23.1 Å². The van der Waals surface area contributed by atoms with E-state index < -0.39 is 6.03 Å². The Morgan fingerprint density at radius 1 is 1.26 bits per heavy atom. The van der Waals surface area contributed by atoms with Crippen molar-refractivity contribution in [3.05, 3.63) is 40.1 Å². The highest BCUT2D eigenvalue weighted by Gasteiger charge is 2.33. The van der Waals surface area contributed by atoms with Crippen LogP contribution in [0.5, 0.6) is 0 Å². The molecule has 0 aliphatic carbocycles. The average molecular weight is 317 g/mol. The molecule has 1 aliphatic heterocycles. The van der Waals surface area contributed by atoms with Crippen molar-refractivity contribution in [1.82, 2.24) is 35.0 Å². The third kappa shape index (κ3) is 3.10. The molecule has 3 heterocycles. The van der Waals surface area contributed by atoms with Gasteiger partial charge in [0.15, 0.2) is 5.82 Å². The Labute approximate surface area is 130 Å². The van der Waals surface area contributed by atoms with Gasteiger partial charge in [0, 0.05) is 24.7 Å². The van der Waals surface area contributed by atoms with Crippen LogP contribution in [0, 0.1) is 0 Å². The normalized spacial score (nSPS) is 15.3. The van der Waals surface area contributed by atoms with Gasteiger partial charge in [0.25, 0.3) is 5.56 Å². The second-order valence-corrected chi connectivity index (χ2v) is 5.15. The molecule has 0 atom stereocenters. The summed E-state index contributed by atoms with van der Waals surface area (Å²) in [5.41, 5.74) is 0.0366. The highest BCUT2D eigenvalue weighted by molar-refractivity contribution is 5.96. The van der Waals surface area contributed by atoms with Crippen molar-refractivity contribution in [2.24, 2.45) is 7.05 Å². The van der Waals surface area contributed by atoms with Crippen LogP contribution in [-0.2, 0) is 24.9 Å². The molecule has 2 aromatic rings. The van der Waals surface area contributed by atoms with Crippen LogP contribution < -0.4 is 5.56 Å². The summed E-state index contributed by atoms with van der Waals surface area (Å²) < 4.78 is 0. The van der Waals surface area contributed by atoms with Gasteiger partial charge in [0.1, 0.15) is 0 Å². The number of amides is 3. The van der Waals surface area contributed by atoms with E-state index in [4.69, 9.17) is 0 Å². The second kappa shape index (κ2) is 5.99. The van der Waals surface area contributed by atoms with Crippen molar-refractivity contribution in [2.45, 2.75) is 19.5 Å². The van der Waals surface area contributed by atoms with Crippen LogP contribution in [0.4, 0.5) is 4.79 Å². The number of urea groups is 1. The number of nitrogens with zero attached hydrogens (tertiary/aromatic N) is 6. The fourth-order valence-corrected chi connectivity index (χ4v) is 2.35. The fourth-order valence-electron chi connectivity index (χ4n) is 2.35. The molecule has 0 bridgehead atoms. The van der Waals surface area contributed by atoms with Crippen LogP contribution in [-0.4, -0.2) is 53.5 Å². The van der Waals surface area contributed by atoms with E-state index in [0.29, 0.717) is 11.4 Å². The molecule has 0 aromatic carbocycles. The Morgan fingerprint density at radius 2 is 2.09 bits per heavy atom. The molecule has 3 rings (SSSR count). The number of carbonyl (C=O) groups is 2. The molecule has 2 aromatic heterocycles. The summed E-state index contributed by atoms with van der Waals surface area (Å²) in [5, 5.41) is 11.6. The van der Waals surface area contributed by atoms with Crippen LogP contribution in [0.2, 0.25) is 0 Å². The monoisotopic (exact) mass is 317 g/mol. The Kier molecular flexibility index (Phi) is 3.87. The first-order valence-corrected chi connectivity index (χ1v) is 7.03. The molecule has 3 amide bonds. The van der Waals surface area contributed by atoms with Crippen LogP contribution in [0.25, 0.3) is 0 Å². The maximum absolute atomic E-state index is 12.5. The molecule has 1 fully saturated rings. The van der Waals surface area contributed by atoms with Crippen LogP contribution >= 0.6 is 0 Å². The second-order valence-electron chi connectivity index (χ2n) is 5.15. The number of imide groups is 1. The number of pyridine rings is 1. The third-order valence-corrected chi connectivity index (χ3v) is 3.51. The lowest BCUT2D eigenvalue weighted by atomic mass is 10.2. The van der Waals surface area contributed by atoms with Crippen LogP contribution in [0.3, 0.4) is 0 Å². The number of aromatic amines is 1. The maximum atomic E-state index is 12.5. The number of carbonyl (C=O) groups excluding carboxylic acids is 2. The maximum Gasteiger partial charge on any atom is 0.327 e. The molecule has 0 saturated carbocycles. The first kappa shape index (κ1) is 14.9. The van der Waals surface area contributed by atoms with E-state index in [1.807, 2.05) is 0 Å². The van der Waals surface area contributed by atoms with Gasteiger partial charge in [0.2, 0.25) is 5.91 Å². The van der Waals surface area contributed by atoms with Gasteiger partial charge in [-0.15, -0.1) is 10.2 Å². The molecule has 0 unspecified atom stereocenters. The lowest BCUT2D eigenvalue weighted by Gasteiger charge is -2.33. The summed E-state index contributed by atoms with van der Waals surface area (Å²) >= 11 is 0. The Bertz CT molecular complexity index is 797. The Hall–Kier alpha value is -3.04. The molecule has 1 saturated heterocycles. The van der Waals surface area contributed by atoms with E-state index in [9.17, 15) is 14.4 Å². The van der Waals surface area contributed by atoms with Crippen molar-refractivity contribution in [2.75, 3.05) is 6.54 Å². The topological polar surface area (TPSA) is 117 Å². The minimum absolute atomic E-state index is 0.0573. The minimum Gasteiger partial charge on any atom is -0.329 e. The lowest BCUT2D eigenvalue weighted by molar-refractivity contribution is -0.131. The van der Waals surface area contributed by atoms with Crippen molar-refractivity contribution in [1.29, 1.82) is 0 Å². The highest BCUT2D eigenvalue weighted by Crippen LogP contribution is 2.15. The van der Waals surface area contributed by atoms with Crippen molar-refractivity contribution in [3.63, 3.8) is 0 Å². The number of H-pyrrole nitrogens is 1. The molecule has 10 heteroatoms. The highest BCUT2D eigenvalue weighted by atomic mass is 16.2. The fraction of sp³-hybridized carbons (Fsp3) is 0.385. The van der Waals surface area contributed by atoms with Gasteiger partial charge >= 0.3 is 6.03 Å². The van der Waals surface area contributed by atoms with Crippen molar-refractivity contribution in [3.8, 4) is 0 Å². The smallest absolute Gasteiger partial charge is 0.327 e. The summed E-state index contributed by atoms with van der Waals surface area (Å²) in [7, 11) is 1.63. The molecule has 1 aliphatic rings. The Balaban J connectivity index is 1.76. The predicted octanol–water partition coefficient (Wildman–Crippen LogP) is -0.747. The zero-order valence-electron chi connectivity index (χ0n) is 12.5. The summed E-state index contributed by atoms with van der Waals surface area (Å²) in [4.78, 5) is 42.6. The number of hydrogen-bond acceptors (Lipinski definition) is 6. The van der Waals surface area contributed by atoms with Crippen molar-refractivity contribution >= 4 is 11.9 Å². The van der Waals surface area contributed by atoms with E-state index in [1.165, 1.54) is 15.9 Å². The molecule has 10 nitrogen and oxygen atoms in total. The SMILES string of the molecule is Cn1nnc(CN2CCC(=O)N(Cc3ccc[nH]c3=O)C2=O)n1. The summed E-state index contributed by atoms with van der Waals surface area (Å²) in [6.07, 6.45) is 1.69. The molecular weight excluding hydrogens is 302 g/mol. The molecule has 1 N–H and O–H groups in total. The van der Waals surface area contributed by atoms with Crippen LogP contribution in [0.1, 0.15) is 17.8 Å². The van der Waals surface area contributed by atoms with Gasteiger partial charge in [-0.05, 0) is 11.3 Å². The number of nitrogens with one attached hydrogen (secondary N) is 1. The van der Waals surface area contributed by atoms with Gasteiger partial charge in [-0.25, -0.2) is 4.79 Å². The van der Waals surface area contributed by atoms with Gasteiger partial charge in [0.05, 0.1) is 20.1 Å². The molecular formula is C13H15N7O3. The van der Waals surface area contributed by atoms with Gasteiger partial charge in [-0.2, -0.15) is 4.80 Å². The molecule has 120 valence electrons. The van der Waals surface area contributed by atoms with Crippen molar-refractivity contribution < 1.29 is 9.59 Å². The number of hydrogen-bond donors (Lipinski definition) is 1. The number of aryl methyl sites for hydroxylation is 1. The van der Waals surface area contributed by atoms with E-state index in [1.54, 1.807) is 19.2 Å². The molecule has 0 spiro atoms. The first-order valence-electron chi connectivity index (χ1n) is 7.03. The van der Waals surface area contributed by atoms with Gasteiger partial charge in [-0.3, -0.25) is 14.5 Å². The number of tetrazole rings is 1. The van der Waals surface area contributed by atoms with E-state index in [2.05, 4.69) is 20.4 Å². The lowest BCUT2D eigenvalue weighted by Crippen LogP contribution is -2.51. The van der Waals surface area contributed by atoms with Gasteiger partial charge in [-0.1, -0.05) is 6.07 Å². The van der Waals surface area contributed by atoms with E-state index in [-0.39, 0.29) is 37.5 Å². The number of aromatic nitrogens is 5. The van der Waals surface area contributed by atoms with Gasteiger partial charge < -0.3 is 9.88 Å². The standard InChI is InChI=1S/C13H15N7O3/c1-18-16-10(15-17-18)8-19-6-4-11(21)20(13(19)23)7-9-3-2-5-14-12(9)22/h2-3,5H,4,6-8H2,1H3,(H,14,22). The zero-order chi connectivity index (χ0) is 16.4. The molecule has 0 radical (unpaired) electrons. The number of rotatable bonds is 4. The quantitative estimate of drug-likeness (QED) is 0.793. The predicted molar refractivity (Wildman–Crippen MR) is 76.8 cm³/mol. The minimum atomic E-state index is -0.461. The third-order valence-electron chi connectivity index (χ3n) is 3.51. The van der Waals surface area contributed by atoms with E-state index in [0.717, 1.165) is 4.90 Å². The summed E-state index contributed by atoms with van der Waals surface area (Å²) in [5.74, 6) is 0.0920. The summed E-state index contributed by atoms with van der Waals surface area (Å²) in [6.45, 7) is 0.400. The first-order chi connectivity index (χ1) is 11.0. The Morgan fingerprint density at radius 3 is 2.78 bits per heavy atom.